The molecule has 1 fully saturated rings. The highest BCUT2D eigenvalue weighted by molar-refractivity contribution is 5.70. The number of anilines is 1. The molecule has 0 aliphatic heterocycles. The van der Waals surface area contributed by atoms with Gasteiger partial charge in [0, 0.05) is 6.54 Å². The van der Waals surface area contributed by atoms with Crippen LogP contribution in [-0.4, -0.2) is 31.3 Å². The van der Waals surface area contributed by atoms with Crippen molar-refractivity contribution in [2.75, 3.05) is 4.90 Å². The number of carboxylic acid groups (broad SMARTS) is 1. The molecule has 0 spiro atoms. The van der Waals surface area contributed by atoms with E-state index in [1.54, 1.807) is 11.9 Å². The number of aryl methyl sites for hydroxylation is 3. The summed E-state index contributed by atoms with van der Waals surface area (Å²) in [7, 11) is 1.55. The molecule has 2 aromatic carbocycles. The van der Waals surface area contributed by atoms with Crippen LogP contribution in [0.3, 0.4) is 0 Å². The largest absolute Gasteiger partial charge is 0.481 e. The number of carboxylic acids is 1. The second-order valence-corrected chi connectivity index (χ2v) is 12.6. The Kier molecular flexibility index (Phi) is 9.19. The molecule has 3 aromatic rings. The summed E-state index contributed by atoms with van der Waals surface area (Å²) < 4.78 is 82.5. The Morgan fingerprint density at radius 3 is 2.13 bits per heavy atom. The van der Waals surface area contributed by atoms with E-state index in [4.69, 9.17) is 0 Å². The number of alkyl halides is 6. The molecule has 5 rings (SSSR count). The molecule has 2 atom stereocenters. The number of hydrogen-bond acceptors (Lipinski definition) is 5. The Hall–Kier alpha value is -3.64. The van der Waals surface area contributed by atoms with Crippen LogP contribution in [0.5, 0.6) is 0 Å². The average molecular weight is 638 g/mol. The number of carbonyl (C=O) groups is 1. The summed E-state index contributed by atoms with van der Waals surface area (Å²) >= 11 is 0. The molecule has 1 aromatic heterocycles. The number of nitrogens with zero attached hydrogens (tertiary/aromatic N) is 5. The number of rotatable bonds is 7. The number of aliphatic carboxylic acids is 1. The number of hydrogen-bond donors (Lipinski definition) is 1. The molecule has 0 amide bonds. The van der Waals surface area contributed by atoms with E-state index in [2.05, 4.69) is 27.5 Å². The van der Waals surface area contributed by atoms with E-state index in [0.29, 0.717) is 25.2 Å². The molecule has 0 radical (unpaired) electrons. The van der Waals surface area contributed by atoms with Crippen LogP contribution in [-0.2, 0) is 30.7 Å². The van der Waals surface area contributed by atoms with E-state index in [1.807, 2.05) is 13.8 Å². The molecule has 1 saturated carbocycles. The van der Waals surface area contributed by atoms with Crippen molar-refractivity contribution in [1.82, 2.24) is 20.2 Å². The third kappa shape index (κ3) is 7.44. The van der Waals surface area contributed by atoms with Gasteiger partial charge < -0.3 is 10.0 Å². The highest BCUT2D eigenvalue weighted by Crippen LogP contribution is 2.47. The Bertz CT molecular complexity index is 1490. The maximum absolute atomic E-state index is 13.7. The first-order valence-electron chi connectivity index (χ1n) is 15.2. The fraction of sp³-hybridized carbons (Fsp3) is 0.562. The van der Waals surface area contributed by atoms with E-state index in [9.17, 15) is 36.2 Å². The van der Waals surface area contributed by atoms with Crippen LogP contribution in [0, 0.1) is 25.7 Å². The summed E-state index contributed by atoms with van der Waals surface area (Å²) in [5.41, 5.74) is 1.26. The van der Waals surface area contributed by atoms with E-state index in [-0.39, 0.29) is 36.0 Å². The van der Waals surface area contributed by atoms with Gasteiger partial charge >= 0.3 is 18.3 Å². The molecule has 1 N–H and O–H groups in total. The lowest BCUT2D eigenvalue weighted by Crippen LogP contribution is -2.30. The SMILES string of the molecule is Cc1cc(C)c2c(c1)[C@@H](N(Cc1cc(C(F)(F)F)cc(C(F)(F)F)c1)c1nnn(C)n1)CCCC2CC1CCC(C(=O)O)CC1. The van der Waals surface area contributed by atoms with Crippen molar-refractivity contribution in [2.24, 2.45) is 18.9 Å². The molecule has 7 nitrogen and oxygen atoms in total. The van der Waals surface area contributed by atoms with Crippen LogP contribution >= 0.6 is 0 Å². The number of benzene rings is 2. The van der Waals surface area contributed by atoms with Crippen molar-refractivity contribution in [3.8, 4) is 0 Å². The van der Waals surface area contributed by atoms with E-state index in [1.165, 1.54) is 4.80 Å². The molecule has 2 aliphatic carbocycles. The van der Waals surface area contributed by atoms with Crippen LogP contribution in [0.25, 0.3) is 0 Å². The fourth-order valence-corrected chi connectivity index (χ4v) is 7.33. The summed E-state index contributed by atoms with van der Waals surface area (Å²) in [6, 6.07) is 5.38. The third-order valence-corrected chi connectivity index (χ3v) is 9.31. The van der Waals surface area contributed by atoms with Gasteiger partial charge in [-0.25, -0.2) is 0 Å². The molecule has 45 heavy (non-hydrogen) atoms. The predicted molar refractivity (Wildman–Crippen MR) is 154 cm³/mol. The monoisotopic (exact) mass is 637 g/mol. The van der Waals surface area contributed by atoms with Gasteiger partial charge in [0.15, 0.2) is 0 Å². The molecular weight excluding hydrogens is 600 g/mol. The topological polar surface area (TPSA) is 84.1 Å². The first-order valence-corrected chi connectivity index (χ1v) is 15.2. The van der Waals surface area contributed by atoms with Crippen molar-refractivity contribution in [3.05, 3.63) is 69.3 Å². The molecule has 13 heteroatoms. The predicted octanol–water partition coefficient (Wildman–Crippen LogP) is 8.16. The molecular formula is C32H37F6N5O2. The maximum Gasteiger partial charge on any atom is 0.416 e. The van der Waals surface area contributed by atoms with Gasteiger partial charge in [-0.2, -0.15) is 31.1 Å². The number of tetrazole rings is 1. The smallest absolute Gasteiger partial charge is 0.416 e. The zero-order valence-corrected chi connectivity index (χ0v) is 25.4. The minimum atomic E-state index is -4.97. The molecule has 0 bridgehead atoms. The van der Waals surface area contributed by atoms with Crippen LogP contribution in [0.15, 0.2) is 30.3 Å². The summed E-state index contributed by atoms with van der Waals surface area (Å²) in [6.45, 7) is 3.71. The molecule has 2 aliphatic rings. The van der Waals surface area contributed by atoms with E-state index in [0.717, 1.165) is 66.5 Å². The zero-order chi connectivity index (χ0) is 32.7. The Labute approximate surface area is 257 Å². The molecule has 1 heterocycles. The van der Waals surface area contributed by atoms with Crippen LogP contribution in [0.1, 0.15) is 102 Å². The first kappa shape index (κ1) is 32.7. The van der Waals surface area contributed by atoms with Gasteiger partial charge in [-0.1, -0.05) is 29.2 Å². The Morgan fingerprint density at radius 2 is 1.58 bits per heavy atom. The zero-order valence-electron chi connectivity index (χ0n) is 25.4. The summed E-state index contributed by atoms with van der Waals surface area (Å²) in [6.07, 6.45) is -3.86. The van der Waals surface area contributed by atoms with Crippen molar-refractivity contribution < 1.29 is 36.2 Å². The lowest BCUT2D eigenvalue weighted by Gasteiger charge is -2.34. The fourth-order valence-electron chi connectivity index (χ4n) is 7.33. The van der Waals surface area contributed by atoms with Crippen LogP contribution in [0.2, 0.25) is 0 Å². The van der Waals surface area contributed by atoms with Gasteiger partial charge in [0.2, 0.25) is 0 Å². The van der Waals surface area contributed by atoms with Gasteiger partial charge in [-0.15, -0.1) is 5.10 Å². The van der Waals surface area contributed by atoms with Crippen molar-refractivity contribution in [2.45, 2.75) is 96.1 Å². The van der Waals surface area contributed by atoms with Crippen LogP contribution in [0.4, 0.5) is 32.3 Å². The van der Waals surface area contributed by atoms with E-state index >= 15 is 0 Å². The number of aromatic nitrogens is 4. The highest BCUT2D eigenvalue weighted by Gasteiger charge is 2.39. The normalized spacial score (nSPS) is 22.5. The standard InChI is InChI=1S/C32H37F6N5O2/c1-18-11-19(2)28-23(13-20-7-9-22(10-8-20)29(44)45)5-4-6-27(26(28)12-18)43(30-39-41-42(3)40-30)17-21-14-24(31(33,34)35)16-25(15-21)32(36,37)38/h11-12,14-16,20,22-23,27H,4-10,13,17H2,1-3H3,(H,44,45)/t20?,22?,23?,27-/m0/s1. The van der Waals surface area contributed by atoms with Gasteiger partial charge in [-0.05, 0) is 116 Å². The maximum atomic E-state index is 13.7. The Morgan fingerprint density at radius 1 is 0.933 bits per heavy atom. The lowest BCUT2D eigenvalue weighted by molar-refractivity contribution is -0.144. The summed E-state index contributed by atoms with van der Waals surface area (Å²) in [5.74, 6) is -0.385. The van der Waals surface area contributed by atoms with Crippen molar-refractivity contribution in [1.29, 1.82) is 0 Å². The lowest BCUT2D eigenvalue weighted by atomic mass is 9.74. The molecule has 0 saturated heterocycles. The minimum absolute atomic E-state index is 0.115. The van der Waals surface area contributed by atoms with Crippen molar-refractivity contribution in [3.63, 3.8) is 0 Å². The highest BCUT2D eigenvalue weighted by atomic mass is 19.4. The average Bonchev–Trinajstić information content (AvgIpc) is 3.30. The minimum Gasteiger partial charge on any atom is -0.481 e. The van der Waals surface area contributed by atoms with E-state index < -0.39 is 35.5 Å². The van der Waals surface area contributed by atoms with Gasteiger partial charge in [0.1, 0.15) is 0 Å². The van der Waals surface area contributed by atoms with Gasteiger partial charge in [0.25, 0.3) is 5.95 Å². The second kappa shape index (κ2) is 12.6. The number of fused-ring (bicyclic) bond motifs is 1. The molecule has 244 valence electrons. The van der Waals surface area contributed by atoms with Gasteiger partial charge in [-0.3, -0.25) is 4.79 Å². The molecule has 1 unspecified atom stereocenters. The number of halogens is 6. The Balaban J connectivity index is 1.55. The second-order valence-electron chi connectivity index (χ2n) is 12.6. The summed E-state index contributed by atoms with van der Waals surface area (Å²) in [5, 5.41) is 21.8. The quantitative estimate of drug-likeness (QED) is 0.208. The first-order chi connectivity index (χ1) is 21.1. The van der Waals surface area contributed by atoms with Crippen molar-refractivity contribution >= 4 is 11.9 Å². The summed E-state index contributed by atoms with van der Waals surface area (Å²) in [4.78, 5) is 14.4. The third-order valence-electron chi connectivity index (χ3n) is 9.31. The van der Waals surface area contributed by atoms with Gasteiger partial charge in [0.05, 0.1) is 30.1 Å². The van der Waals surface area contributed by atoms with Crippen LogP contribution < -0.4 is 4.90 Å².